The highest BCUT2D eigenvalue weighted by Gasteiger charge is 2.28. The molecule has 0 fully saturated rings. The van der Waals surface area contributed by atoms with Crippen molar-refractivity contribution in [1.82, 2.24) is 10.2 Å². The van der Waals surface area contributed by atoms with Gasteiger partial charge in [-0.2, -0.15) is 13.2 Å². The van der Waals surface area contributed by atoms with Crippen LogP contribution in [0.1, 0.15) is 17.5 Å². The molecule has 0 spiro atoms. The van der Waals surface area contributed by atoms with Gasteiger partial charge in [0.05, 0.1) is 6.42 Å². The lowest BCUT2D eigenvalue weighted by Gasteiger charge is -2.18. The van der Waals surface area contributed by atoms with Crippen molar-refractivity contribution in [3.63, 3.8) is 0 Å². The SMILES string of the molecule is Cc1ccc(CNC(=O)N(C)CCC(=O)O)c(OCC(F)(F)F)c1. The lowest BCUT2D eigenvalue weighted by molar-refractivity contribution is -0.153. The van der Waals surface area contributed by atoms with Crippen LogP contribution in [0.2, 0.25) is 0 Å². The Morgan fingerprint density at radius 1 is 1.33 bits per heavy atom. The molecule has 0 bridgehead atoms. The van der Waals surface area contributed by atoms with Crippen LogP contribution in [0.15, 0.2) is 18.2 Å². The van der Waals surface area contributed by atoms with Gasteiger partial charge in [-0.05, 0) is 18.6 Å². The maximum atomic E-state index is 12.3. The van der Waals surface area contributed by atoms with E-state index in [9.17, 15) is 22.8 Å². The average molecular weight is 348 g/mol. The largest absolute Gasteiger partial charge is 0.484 e. The molecule has 0 aliphatic heterocycles. The number of alkyl halides is 3. The Morgan fingerprint density at radius 2 is 2.00 bits per heavy atom. The van der Waals surface area contributed by atoms with Crippen molar-refractivity contribution in [2.75, 3.05) is 20.2 Å². The van der Waals surface area contributed by atoms with Gasteiger partial charge in [-0.3, -0.25) is 4.79 Å². The van der Waals surface area contributed by atoms with Gasteiger partial charge in [0.25, 0.3) is 0 Å². The van der Waals surface area contributed by atoms with E-state index in [2.05, 4.69) is 5.32 Å². The number of ether oxygens (including phenoxy) is 1. The van der Waals surface area contributed by atoms with Crippen molar-refractivity contribution in [2.24, 2.45) is 0 Å². The van der Waals surface area contributed by atoms with Crippen LogP contribution in [0.5, 0.6) is 5.75 Å². The number of aliphatic carboxylic acids is 1. The number of carbonyl (C=O) groups is 2. The second kappa shape index (κ2) is 8.42. The van der Waals surface area contributed by atoms with E-state index in [1.54, 1.807) is 19.1 Å². The van der Waals surface area contributed by atoms with Crippen LogP contribution in [0.4, 0.5) is 18.0 Å². The quantitative estimate of drug-likeness (QED) is 0.794. The number of nitrogens with zero attached hydrogens (tertiary/aromatic N) is 1. The Kier molecular flexibility index (Phi) is 6.87. The molecular formula is C15H19F3N2O4. The Hall–Kier alpha value is -2.45. The van der Waals surface area contributed by atoms with Gasteiger partial charge in [-0.1, -0.05) is 12.1 Å². The number of amides is 2. The van der Waals surface area contributed by atoms with E-state index in [0.29, 0.717) is 5.56 Å². The summed E-state index contributed by atoms with van der Waals surface area (Å²) >= 11 is 0. The smallest absolute Gasteiger partial charge is 0.422 e. The molecule has 0 aliphatic rings. The molecule has 2 amide bonds. The molecule has 6 nitrogen and oxygen atoms in total. The van der Waals surface area contributed by atoms with Gasteiger partial charge in [0.1, 0.15) is 5.75 Å². The third kappa shape index (κ3) is 7.21. The molecule has 9 heteroatoms. The van der Waals surface area contributed by atoms with Crippen LogP contribution >= 0.6 is 0 Å². The highest BCUT2D eigenvalue weighted by atomic mass is 19.4. The first-order valence-corrected chi connectivity index (χ1v) is 7.08. The fourth-order valence-electron chi connectivity index (χ4n) is 1.77. The molecular weight excluding hydrogens is 329 g/mol. The number of carbonyl (C=O) groups excluding carboxylic acids is 1. The molecule has 134 valence electrons. The summed E-state index contributed by atoms with van der Waals surface area (Å²) < 4.78 is 41.7. The van der Waals surface area contributed by atoms with Crippen molar-refractivity contribution in [2.45, 2.75) is 26.1 Å². The Labute approximate surface area is 137 Å². The molecule has 0 heterocycles. The van der Waals surface area contributed by atoms with Gasteiger partial charge < -0.3 is 20.1 Å². The van der Waals surface area contributed by atoms with Crippen molar-refractivity contribution in [3.05, 3.63) is 29.3 Å². The van der Waals surface area contributed by atoms with E-state index in [-0.39, 0.29) is 25.3 Å². The number of nitrogens with one attached hydrogen (secondary N) is 1. The lowest BCUT2D eigenvalue weighted by Crippen LogP contribution is -2.38. The summed E-state index contributed by atoms with van der Waals surface area (Å²) in [5.74, 6) is -0.989. The number of hydrogen-bond acceptors (Lipinski definition) is 3. The van der Waals surface area contributed by atoms with E-state index in [4.69, 9.17) is 9.84 Å². The van der Waals surface area contributed by atoms with E-state index in [1.807, 2.05) is 0 Å². The Balaban J connectivity index is 2.66. The topological polar surface area (TPSA) is 78.9 Å². The van der Waals surface area contributed by atoms with Crippen LogP contribution < -0.4 is 10.1 Å². The predicted octanol–water partition coefficient (Wildman–Crippen LogP) is 2.55. The zero-order valence-electron chi connectivity index (χ0n) is 13.3. The molecule has 24 heavy (non-hydrogen) atoms. The first-order valence-electron chi connectivity index (χ1n) is 7.08. The highest BCUT2D eigenvalue weighted by Crippen LogP contribution is 2.23. The first-order chi connectivity index (χ1) is 11.1. The average Bonchev–Trinajstić information content (AvgIpc) is 2.48. The molecule has 0 saturated heterocycles. The molecule has 0 radical (unpaired) electrons. The molecule has 0 aromatic heterocycles. The van der Waals surface area contributed by atoms with E-state index >= 15 is 0 Å². The summed E-state index contributed by atoms with van der Waals surface area (Å²) in [4.78, 5) is 23.5. The standard InChI is InChI=1S/C15H19F3N2O4/c1-10-3-4-11(12(7-10)24-9-15(16,17)18)8-19-14(23)20(2)6-5-13(21)22/h3-4,7H,5-6,8-9H2,1-2H3,(H,19,23)(H,21,22). The molecule has 0 aliphatic carbocycles. The van der Waals surface area contributed by atoms with Crippen LogP contribution in [-0.4, -0.2) is 48.4 Å². The molecule has 1 aromatic carbocycles. The molecule has 1 rings (SSSR count). The predicted molar refractivity (Wildman–Crippen MR) is 79.8 cm³/mol. The van der Waals surface area contributed by atoms with Gasteiger partial charge in [0.15, 0.2) is 6.61 Å². The van der Waals surface area contributed by atoms with Crippen LogP contribution in [-0.2, 0) is 11.3 Å². The minimum absolute atomic E-state index is 0.0203. The third-order valence-electron chi connectivity index (χ3n) is 3.05. The van der Waals surface area contributed by atoms with Crippen molar-refractivity contribution < 1.29 is 32.6 Å². The van der Waals surface area contributed by atoms with E-state index in [1.165, 1.54) is 18.0 Å². The maximum absolute atomic E-state index is 12.3. The van der Waals surface area contributed by atoms with Crippen LogP contribution in [0.3, 0.4) is 0 Å². The van der Waals surface area contributed by atoms with E-state index in [0.717, 1.165) is 5.56 Å². The first kappa shape index (κ1) is 19.6. The Morgan fingerprint density at radius 3 is 2.58 bits per heavy atom. The summed E-state index contributed by atoms with van der Waals surface area (Å²) in [6.07, 6.45) is -4.66. The summed E-state index contributed by atoms with van der Waals surface area (Å²) in [6.45, 7) is 0.272. The maximum Gasteiger partial charge on any atom is 0.422 e. The van der Waals surface area contributed by atoms with Gasteiger partial charge in [0.2, 0.25) is 0 Å². The number of carboxylic acid groups (broad SMARTS) is 1. The number of urea groups is 1. The number of rotatable bonds is 7. The molecule has 0 atom stereocenters. The monoisotopic (exact) mass is 348 g/mol. The number of carboxylic acids is 1. The summed E-state index contributed by atoms with van der Waals surface area (Å²) in [7, 11) is 1.43. The van der Waals surface area contributed by atoms with Gasteiger partial charge >= 0.3 is 18.2 Å². The minimum Gasteiger partial charge on any atom is -0.484 e. The molecule has 0 saturated carbocycles. The van der Waals surface area contributed by atoms with Crippen LogP contribution in [0.25, 0.3) is 0 Å². The Bertz CT molecular complexity index is 591. The second-order valence-electron chi connectivity index (χ2n) is 5.24. The molecule has 0 unspecified atom stereocenters. The number of aryl methyl sites for hydroxylation is 1. The van der Waals surface area contributed by atoms with Crippen molar-refractivity contribution in [1.29, 1.82) is 0 Å². The highest BCUT2D eigenvalue weighted by molar-refractivity contribution is 5.75. The molecule has 2 N–H and O–H groups in total. The summed E-state index contributed by atoms with van der Waals surface area (Å²) in [5.41, 5.74) is 1.12. The normalized spacial score (nSPS) is 11.0. The zero-order chi connectivity index (χ0) is 18.3. The summed E-state index contributed by atoms with van der Waals surface area (Å²) in [5, 5.41) is 11.1. The number of halogens is 3. The van der Waals surface area contributed by atoms with Crippen molar-refractivity contribution >= 4 is 12.0 Å². The van der Waals surface area contributed by atoms with Crippen molar-refractivity contribution in [3.8, 4) is 5.75 Å². The van der Waals surface area contributed by atoms with E-state index < -0.39 is 24.8 Å². The zero-order valence-corrected chi connectivity index (χ0v) is 13.3. The van der Waals surface area contributed by atoms with Crippen LogP contribution in [0, 0.1) is 6.92 Å². The minimum atomic E-state index is -4.46. The fraction of sp³-hybridized carbons (Fsp3) is 0.467. The fourth-order valence-corrected chi connectivity index (χ4v) is 1.77. The summed E-state index contributed by atoms with van der Waals surface area (Å²) in [6, 6.07) is 4.19. The molecule has 1 aromatic rings. The third-order valence-corrected chi connectivity index (χ3v) is 3.05. The lowest BCUT2D eigenvalue weighted by atomic mass is 10.1. The number of benzene rings is 1. The van der Waals surface area contributed by atoms with Gasteiger partial charge in [0, 0.05) is 25.7 Å². The second-order valence-corrected chi connectivity index (χ2v) is 5.24. The van der Waals surface area contributed by atoms with Gasteiger partial charge in [-0.25, -0.2) is 4.79 Å². The van der Waals surface area contributed by atoms with Gasteiger partial charge in [-0.15, -0.1) is 0 Å². The number of hydrogen-bond donors (Lipinski definition) is 2.